The van der Waals surface area contributed by atoms with E-state index < -0.39 is 0 Å². The molecule has 0 radical (unpaired) electrons. The number of methoxy groups -OCH3 is 1. The molecule has 1 aliphatic rings. The number of carbonyl (C=O) groups is 2. The van der Waals surface area contributed by atoms with Crippen molar-refractivity contribution in [3.8, 4) is 5.75 Å². The standard InChI is InChI=1S/C20H18Cl3NO3/c1-27-18-11-14(21)3-4-15(18)20(26)24-8-6-12(7-9-24)19(25)13-2-5-16(22)17(23)10-13/h2-5,10-12H,6-9H2,1H3. The van der Waals surface area contributed by atoms with Gasteiger partial charge in [-0.1, -0.05) is 34.8 Å². The van der Waals surface area contributed by atoms with Gasteiger partial charge in [0, 0.05) is 29.6 Å². The second kappa shape index (κ2) is 8.51. The van der Waals surface area contributed by atoms with Gasteiger partial charge in [-0.2, -0.15) is 0 Å². The third-order valence-corrected chi connectivity index (χ3v) is 5.73. The minimum Gasteiger partial charge on any atom is -0.496 e. The number of benzene rings is 2. The molecule has 3 rings (SSSR count). The molecule has 7 heteroatoms. The SMILES string of the molecule is COc1cc(Cl)ccc1C(=O)N1CCC(C(=O)c2ccc(Cl)c(Cl)c2)CC1. The fourth-order valence-electron chi connectivity index (χ4n) is 3.24. The van der Waals surface area contributed by atoms with Crippen LogP contribution in [0.5, 0.6) is 5.75 Å². The fraction of sp³-hybridized carbons (Fsp3) is 0.300. The number of carbonyl (C=O) groups excluding carboxylic acids is 2. The van der Waals surface area contributed by atoms with E-state index in [0.29, 0.717) is 57.9 Å². The van der Waals surface area contributed by atoms with E-state index in [1.54, 1.807) is 41.3 Å². The molecule has 142 valence electrons. The minimum atomic E-state index is -0.140. The largest absolute Gasteiger partial charge is 0.496 e. The normalized spacial score (nSPS) is 14.9. The zero-order valence-corrected chi connectivity index (χ0v) is 16.9. The smallest absolute Gasteiger partial charge is 0.257 e. The average Bonchev–Trinajstić information content (AvgIpc) is 2.69. The number of nitrogens with zero attached hydrogens (tertiary/aromatic N) is 1. The molecule has 1 amide bonds. The maximum absolute atomic E-state index is 12.8. The first-order valence-corrected chi connectivity index (χ1v) is 9.66. The summed E-state index contributed by atoms with van der Waals surface area (Å²) >= 11 is 17.9. The highest BCUT2D eigenvalue weighted by Gasteiger charge is 2.29. The van der Waals surface area contributed by atoms with Crippen LogP contribution in [-0.4, -0.2) is 36.8 Å². The highest BCUT2D eigenvalue weighted by atomic mass is 35.5. The molecule has 0 bridgehead atoms. The van der Waals surface area contributed by atoms with Crippen LogP contribution in [0.2, 0.25) is 15.1 Å². The van der Waals surface area contributed by atoms with Gasteiger partial charge in [-0.25, -0.2) is 0 Å². The van der Waals surface area contributed by atoms with Gasteiger partial charge in [0.15, 0.2) is 5.78 Å². The lowest BCUT2D eigenvalue weighted by atomic mass is 9.88. The van der Waals surface area contributed by atoms with E-state index in [1.165, 1.54) is 7.11 Å². The van der Waals surface area contributed by atoms with Gasteiger partial charge in [-0.3, -0.25) is 9.59 Å². The van der Waals surface area contributed by atoms with Crippen molar-refractivity contribution < 1.29 is 14.3 Å². The van der Waals surface area contributed by atoms with Crippen LogP contribution in [0.4, 0.5) is 0 Å². The van der Waals surface area contributed by atoms with Crippen LogP contribution in [-0.2, 0) is 0 Å². The van der Waals surface area contributed by atoms with E-state index >= 15 is 0 Å². The maximum atomic E-state index is 12.8. The van der Waals surface area contributed by atoms with Gasteiger partial charge < -0.3 is 9.64 Å². The monoisotopic (exact) mass is 425 g/mol. The Morgan fingerprint density at radius 3 is 2.33 bits per heavy atom. The Hall–Kier alpha value is -1.75. The first kappa shape index (κ1) is 20.0. The lowest BCUT2D eigenvalue weighted by Gasteiger charge is -2.31. The van der Waals surface area contributed by atoms with E-state index in [1.807, 2.05) is 0 Å². The Morgan fingerprint density at radius 2 is 1.70 bits per heavy atom. The summed E-state index contributed by atoms with van der Waals surface area (Å²) in [6, 6.07) is 9.86. The number of ether oxygens (including phenoxy) is 1. The Bertz CT molecular complexity index is 877. The van der Waals surface area contributed by atoms with Crippen LogP contribution < -0.4 is 4.74 Å². The first-order valence-electron chi connectivity index (χ1n) is 8.52. The molecule has 4 nitrogen and oxygen atoms in total. The molecule has 0 unspecified atom stereocenters. The number of hydrogen-bond acceptors (Lipinski definition) is 3. The maximum Gasteiger partial charge on any atom is 0.257 e. The molecule has 0 aromatic heterocycles. The predicted molar refractivity (Wildman–Crippen MR) is 107 cm³/mol. The number of amides is 1. The molecule has 1 fully saturated rings. The molecular formula is C20H18Cl3NO3. The number of ketones is 1. The Morgan fingerprint density at radius 1 is 1.00 bits per heavy atom. The molecule has 0 spiro atoms. The van der Waals surface area contributed by atoms with E-state index in [0.717, 1.165) is 0 Å². The van der Waals surface area contributed by atoms with Crippen LogP contribution >= 0.6 is 34.8 Å². The molecule has 2 aromatic rings. The molecule has 2 aromatic carbocycles. The number of Topliss-reactive ketones (excluding diaryl/α,β-unsaturated/α-hetero) is 1. The Balaban J connectivity index is 1.67. The Kier molecular flexibility index (Phi) is 6.30. The van der Waals surface area contributed by atoms with Crippen molar-refractivity contribution in [2.75, 3.05) is 20.2 Å². The van der Waals surface area contributed by atoms with E-state index in [-0.39, 0.29) is 17.6 Å². The molecule has 1 heterocycles. The highest BCUT2D eigenvalue weighted by molar-refractivity contribution is 6.42. The molecule has 0 aliphatic carbocycles. The van der Waals surface area contributed by atoms with Crippen LogP contribution in [0.3, 0.4) is 0 Å². The summed E-state index contributed by atoms with van der Waals surface area (Å²) in [5, 5.41) is 1.30. The van der Waals surface area contributed by atoms with Crippen molar-refractivity contribution in [2.24, 2.45) is 5.92 Å². The molecule has 0 saturated carbocycles. The highest BCUT2D eigenvalue weighted by Crippen LogP contribution is 2.29. The van der Waals surface area contributed by atoms with Gasteiger partial charge in [-0.15, -0.1) is 0 Å². The zero-order valence-electron chi connectivity index (χ0n) is 14.7. The first-order chi connectivity index (χ1) is 12.9. The summed E-state index contributed by atoms with van der Waals surface area (Å²) in [7, 11) is 1.50. The Labute approximate surface area is 173 Å². The second-order valence-corrected chi connectivity index (χ2v) is 7.66. The van der Waals surface area contributed by atoms with Crippen molar-refractivity contribution in [3.63, 3.8) is 0 Å². The van der Waals surface area contributed by atoms with Crippen LogP contribution in [0.1, 0.15) is 33.6 Å². The molecule has 1 saturated heterocycles. The van der Waals surface area contributed by atoms with Gasteiger partial charge in [-0.05, 0) is 49.2 Å². The van der Waals surface area contributed by atoms with Crippen LogP contribution in [0, 0.1) is 5.92 Å². The molecule has 27 heavy (non-hydrogen) atoms. The van der Waals surface area contributed by atoms with Crippen molar-refractivity contribution in [2.45, 2.75) is 12.8 Å². The summed E-state index contributed by atoms with van der Waals surface area (Å²) in [4.78, 5) is 27.3. The van der Waals surface area contributed by atoms with Crippen molar-refractivity contribution in [1.29, 1.82) is 0 Å². The molecule has 0 N–H and O–H groups in total. The van der Waals surface area contributed by atoms with Gasteiger partial charge >= 0.3 is 0 Å². The zero-order chi connectivity index (χ0) is 19.6. The topological polar surface area (TPSA) is 46.6 Å². The van der Waals surface area contributed by atoms with E-state index in [9.17, 15) is 9.59 Å². The van der Waals surface area contributed by atoms with E-state index in [2.05, 4.69) is 0 Å². The quantitative estimate of drug-likeness (QED) is 0.616. The molecule has 1 aliphatic heterocycles. The van der Waals surface area contributed by atoms with Crippen molar-refractivity contribution >= 4 is 46.5 Å². The van der Waals surface area contributed by atoms with Gasteiger partial charge in [0.2, 0.25) is 0 Å². The lowest BCUT2D eigenvalue weighted by Crippen LogP contribution is -2.40. The molecular weight excluding hydrogens is 409 g/mol. The van der Waals surface area contributed by atoms with E-state index in [4.69, 9.17) is 39.5 Å². The third kappa shape index (κ3) is 4.40. The number of piperidine rings is 1. The predicted octanol–water partition coefficient (Wildman–Crippen LogP) is 5.39. The number of rotatable bonds is 4. The van der Waals surface area contributed by atoms with Gasteiger partial charge in [0.05, 0.1) is 22.7 Å². The third-order valence-electron chi connectivity index (χ3n) is 4.75. The van der Waals surface area contributed by atoms with Gasteiger partial charge in [0.25, 0.3) is 5.91 Å². The van der Waals surface area contributed by atoms with Crippen LogP contribution in [0.25, 0.3) is 0 Å². The number of halogens is 3. The summed E-state index contributed by atoms with van der Waals surface area (Å²) < 4.78 is 5.27. The minimum absolute atomic E-state index is 0.0322. The fourth-order valence-corrected chi connectivity index (χ4v) is 3.70. The summed E-state index contributed by atoms with van der Waals surface area (Å²) in [6.45, 7) is 1.00. The number of likely N-dealkylation sites (tertiary alicyclic amines) is 1. The summed E-state index contributed by atoms with van der Waals surface area (Å²) in [6.07, 6.45) is 1.20. The second-order valence-electron chi connectivity index (χ2n) is 6.40. The molecule has 0 atom stereocenters. The summed E-state index contributed by atoms with van der Waals surface area (Å²) in [5.41, 5.74) is 1.02. The van der Waals surface area contributed by atoms with Crippen molar-refractivity contribution in [1.82, 2.24) is 4.90 Å². The van der Waals surface area contributed by atoms with Gasteiger partial charge in [0.1, 0.15) is 5.75 Å². The van der Waals surface area contributed by atoms with Crippen molar-refractivity contribution in [3.05, 3.63) is 62.6 Å². The summed E-state index contributed by atoms with van der Waals surface area (Å²) in [5.74, 6) is 0.216. The number of hydrogen-bond donors (Lipinski definition) is 0. The van der Waals surface area contributed by atoms with Crippen LogP contribution in [0.15, 0.2) is 36.4 Å². The lowest BCUT2D eigenvalue weighted by molar-refractivity contribution is 0.0647. The average molecular weight is 427 g/mol.